The van der Waals surface area contributed by atoms with Crippen molar-refractivity contribution >= 4 is 28.3 Å². The highest BCUT2D eigenvalue weighted by Gasteiger charge is 2.32. The maximum Gasteiger partial charge on any atom is 0.273 e. The molecule has 0 bridgehead atoms. The number of amides is 2. The molecule has 2 aliphatic rings. The summed E-state index contributed by atoms with van der Waals surface area (Å²) in [4.78, 5) is 30.5. The van der Waals surface area contributed by atoms with E-state index in [0.717, 1.165) is 25.1 Å². The SMILES string of the molecule is CC1CN(C(=O)c2csc(NC(=O)COc3cccc4c3OC(C)(C)C4)n2)C1. The Hall–Kier alpha value is -2.61. The lowest BCUT2D eigenvalue weighted by molar-refractivity contribution is -0.118. The maximum atomic E-state index is 12.3. The molecular formula is C20H23N3O4S. The predicted molar refractivity (Wildman–Crippen MR) is 106 cm³/mol. The van der Waals surface area contributed by atoms with Crippen molar-refractivity contribution in [2.75, 3.05) is 25.0 Å². The number of rotatable bonds is 5. The fraction of sp³-hybridized carbons (Fsp3) is 0.450. The summed E-state index contributed by atoms with van der Waals surface area (Å²) < 4.78 is 11.6. The average molecular weight is 401 g/mol. The van der Waals surface area contributed by atoms with Gasteiger partial charge in [-0.05, 0) is 25.8 Å². The van der Waals surface area contributed by atoms with Crippen LogP contribution >= 0.6 is 11.3 Å². The maximum absolute atomic E-state index is 12.3. The van der Waals surface area contributed by atoms with Gasteiger partial charge < -0.3 is 14.4 Å². The molecule has 4 rings (SSSR count). The molecule has 2 amide bonds. The molecule has 0 atom stereocenters. The number of hydrogen-bond donors (Lipinski definition) is 1. The number of nitrogens with one attached hydrogen (secondary N) is 1. The zero-order chi connectivity index (χ0) is 19.9. The second-order valence-corrected chi connectivity index (χ2v) is 8.83. The number of anilines is 1. The Kier molecular flexibility index (Phi) is 4.74. The predicted octanol–water partition coefficient (Wildman–Crippen LogP) is 2.97. The molecule has 8 heteroatoms. The van der Waals surface area contributed by atoms with Gasteiger partial charge in [-0.25, -0.2) is 4.98 Å². The van der Waals surface area contributed by atoms with Crippen LogP contribution in [0.1, 0.15) is 36.8 Å². The van der Waals surface area contributed by atoms with Gasteiger partial charge in [0.1, 0.15) is 11.3 Å². The second kappa shape index (κ2) is 7.09. The van der Waals surface area contributed by atoms with Gasteiger partial charge in [0.15, 0.2) is 23.2 Å². The molecule has 1 saturated heterocycles. The first-order valence-electron chi connectivity index (χ1n) is 9.29. The quantitative estimate of drug-likeness (QED) is 0.833. The lowest BCUT2D eigenvalue weighted by atomic mass is 10.0. The third kappa shape index (κ3) is 3.82. The van der Waals surface area contributed by atoms with Gasteiger partial charge in [-0.1, -0.05) is 19.1 Å². The van der Waals surface area contributed by atoms with Crippen molar-refractivity contribution in [3.05, 3.63) is 34.8 Å². The monoisotopic (exact) mass is 401 g/mol. The number of benzene rings is 1. The van der Waals surface area contributed by atoms with Gasteiger partial charge in [0.25, 0.3) is 11.8 Å². The topological polar surface area (TPSA) is 80.8 Å². The van der Waals surface area contributed by atoms with Crippen molar-refractivity contribution in [1.82, 2.24) is 9.88 Å². The van der Waals surface area contributed by atoms with E-state index >= 15 is 0 Å². The minimum Gasteiger partial charge on any atom is -0.483 e. The van der Waals surface area contributed by atoms with E-state index in [2.05, 4.69) is 17.2 Å². The zero-order valence-corrected chi connectivity index (χ0v) is 17.0. The first-order valence-corrected chi connectivity index (χ1v) is 10.2. The first-order chi connectivity index (χ1) is 13.3. The number of thiazole rings is 1. The summed E-state index contributed by atoms with van der Waals surface area (Å²) in [5, 5.41) is 4.75. The lowest BCUT2D eigenvalue weighted by Gasteiger charge is -2.36. The van der Waals surface area contributed by atoms with Gasteiger partial charge in [-0.2, -0.15) is 0 Å². The Balaban J connectivity index is 1.33. The molecule has 0 unspecified atom stereocenters. The van der Waals surface area contributed by atoms with Crippen LogP contribution in [0.2, 0.25) is 0 Å². The van der Waals surface area contributed by atoms with E-state index < -0.39 is 0 Å². The molecule has 7 nitrogen and oxygen atoms in total. The number of carbonyl (C=O) groups is 2. The van der Waals surface area contributed by atoms with Crippen LogP contribution in [0.25, 0.3) is 0 Å². The Labute approximate surface area is 167 Å². The van der Waals surface area contributed by atoms with Gasteiger partial charge >= 0.3 is 0 Å². The van der Waals surface area contributed by atoms with Crippen LogP contribution in [0.3, 0.4) is 0 Å². The second-order valence-electron chi connectivity index (χ2n) is 7.97. The number of likely N-dealkylation sites (tertiary alicyclic amines) is 1. The Bertz CT molecular complexity index is 918. The van der Waals surface area contributed by atoms with E-state index in [9.17, 15) is 9.59 Å². The molecular weight excluding hydrogens is 378 g/mol. The van der Waals surface area contributed by atoms with Crippen LogP contribution < -0.4 is 14.8 Å². The van der Waals surface area contributed by atoms with Gasteiger partial charge in [0.2, 0.25) is 0 Å². The summed E-state index contributed by atoms with van der Waals surface area (Å²) in [5.74, 6) is 1.37. The minimum atomic E-state index is -0.333. The van der Waals surface area contributed by atoms with Crippen LogP contribution in [0.5, 0.6) is 11.5 Å². The molecule has 0 aliphatic carbocycles. The first kappa shape index (κ1) is 18.7. The van der Waals surface area contributed by atoms with E-state index in [1.165, 1.54) is 11.3 Å². The van der Waals surface area contributed by atoms with Crippen LogP contribution in [0, 0.1) is 5.92 Å². The Morgan fingerprint density at radius 1 is 1.39 bits per heavy atom. The molecule has 1 N–H and O–H groups in total. The fourth-order valence-electron chi connectivity index (χ4n) is 3.46. The third-order valence-electron chi connectivity index (χ3n) is 4.73. The molecule has 1 aromatic heterocycles. The number of ether oxygens (including phenoxy) is 2. The third-order valence-corrected chi connectivity index (χ3v) is 5.49. The molecule has 2 aliphatic heterocycles. The highest BCUT2D eigenvalue weighted by atomic mass is 32.1. The molecule has 0 radical (unpaired) electrons. The molecule has 28 heavy (non-hydrogen) atoms. The summed E-state index contributed by atoms with van der Waals surface area (Å²) in [6.07, 6.45) is 0.803. The Morgan fingerprint density at radius 2 is 2.18 bits per heavy atom. The lowest BCUT2D eigenvalue weighted by Crippen LogP contribution is -2.48. The number of fused-ring (bicyclic) bond motifs is 1. The van der Waals surface area contributed by atoms with Crippen molar-refractivity contribution in [3.63, 3.8) is 0 Å². The van der Waals surface area contributed by atoms with E-state index in [1.807, 2.05) is 26.0 Å². The summed E-state index contributed by atoms with van der Waals surface area (Å²) >= 11 is 1.23. The summed E-state index contributed by atoms with van der Waals surface area (Å²) in [6, 6.07) is 5.69. The van der Waals surface area contributed by atoms with Crippen LogP contribution in [-0.2, 0) is 11.2 Å². The van der Waals surface area contributed by atoms with Crippen molar-refractivity contribution in [2.24, 2.45) is 5.92 Å². The summed E-state index contributed by atoms with van der Waals surface area (Å²) in [5.41, 5.74) is 1.17. The van der Waals surface area contributed by atoms with Crippen molar-refractivity contribution in [3.8, 4) is 11.5 Å². The van der Waals surface area contributed by atoms with Gasteiger partial charge in [-0.15, -0.1) is 11.3 Å². The number of para-hydroxylation sites is 1. The Morgan fingerprint density at radius 3 is 2.93 bits per heavy atom. The largest absolute Gasteiger partial charge is 0.483 e. The van der Waals surface area contributed by atoms with E-state index in [0.29, 0.717) is 28.2 Å². The molecule has 1 fully saturated rings. The molecule has 0 spiro atoms. The van der Waals surface area contributed by atoms with Gasteiger partial charge in [0.05, 0.1) is 0 Å². The highest BCUT2D eigenvalue weighted by Crippen LogP contribution is 2.41. The van der Waals surface area contributed by atoms with Crippen molar-refractivity contribution < 1.29 is 19.1 Å². The molecule has 148 valence electrons. The number of carbonyl (C=O) groups excluding carboxylic acids is 2. The van der Waals surface area contributed by atoms with Crippen LogP contribution in [-0.4, -0.2) is 47.0 Å². The van der Waals surface area contributed by atoms with E-state index in [1.54, 1.807) is 16.3 Å². The number of aromatic nitrogens is 1. The summed E-state index contributed by atoms with van der Waals surface area (Å²) in [6.45, 7) is 7.49. The van der Waals surface area contributed by atoms with Gasteiger partial charge in [-0.3, -0.25) is 14.9 Å². The van der Waals surface area contributed by atoms with Crippen LogP contribution in [0.15, 0.2) is 23.6 Å². The highest BCUT2D eigenvalue weighted by molar-refractivity contribution is 7.14. The normalized spacial score (nSPS) is 17.5. The molecule has 0 saturated carbocycles. The minimum absolute atomic E-state index is 0.0919. The number of hydrogen-bond acceptors (Lipinski definition) is 6. The van der Waals surface area contributed by atoms with Crippen molar-refractivity contribution in [2.45, 2.75) is 32.8 Å². The fourth-order valence-corrected chi connectivity index (χ4v) is 4.16. The smallest absolute Gasteiger partial charge is 0.273 e. The van der Waals surface area contributed by atoms with Crippen LogP contribution in [0.4, 0.5) is 5.13 Å². The zero-order valence-electron chi connectivity index (χ0n) is 16.2. The average Bonchev–Trinajstić information content (AvgIpc) is 3.19. The van der Waals surface area contributed by atoms with Gasteiger partial charge in [0, 0.05) is 30.5 Å². The molecule has 3 heterocycles. The summed E-state index contributed by atoms with van der Waals surface area (Å²) in [7, 11) is 0. The van der Waals surface area contributed by atoms with E-state index in [-0.39, 0.29) is 24.0 Å². The standard InChI is InChI=1S/C20H23N3O4S/c1-12-8-23(9-12)18(25)14-11-28-19(21-14)22-16(24)10-26-15-6-4-5-13-7-20(2,3)27-17(13)15/h4-6,11-12H,7-10H2,1-3H3,(H,21,22,24). The molecule has 1 aromatic carbocycles. The van der Waals surface area contributed by atoms with E-state index in [4.69, 9.17) is 9.47 Å². The number of nitrogens with zero attached hydrogens (tertiary/aromatic N) is 2. The molecule has 2 aromatic rings. The van der Waals surface area contributed by atoms with Crippen molar-refractivity contribution in [1.29, 1.82) is 0 Å².